The molecule has 4 rings (SSSR count). The number of carbonyl (C=O) groups is 1. The van der Waals surface area contributed by atoms with Gasteiger partial charge in [0.1, 0.15) is 6.10 Å². The molecule has 1 aliphatic rings. The van der Waals surface area contributed by atoms with Crippen molar-refractivity contribution in [3.8, 4) is 0 Å². The zero-order valence-corrected chi connectivity index (χ0v) is 19.6. The molecule has 2 heterocycles. The van der Waals surface area contributed by atoms with Crippen molar-refractivity contribution >= 4 is 29.1 Å². The van der Waals surface area contributed by atoms with Gasteiger partial charge in [0.05, 0.1) is 19.0 Å². The maximum absolute atomic E-state index is 12.4. The van der Waals surface area contributed by atoms with Gasteiger partial charge in [0.25, 0.3) is 5.91 Å². The molecule has 0 spiro atoms. The molecule has 1 N–H and O–H groups in total. The van der Waals surface area contributed by atoms with Gasteiger partial charge in [0.15, 0.2) is 5.76 Å². The van der Waals surface area contributed by atoms with Gasteiger partial charge in [-0.15, -0.1) is 0 Å². The number of aliphatic hydroxyl groups excluding tert-OH is 1. The molecule has 1 atom stereocenters. The van der Waals surface area contributed by atoms with Gasteiger partial charge in [0, 0.05) is 42.8 Å². The molecular weight excluding hydrogens is 463 g/mol. The van der Waals surface area contributed by atoms with Crippen LogP contribution < -0.4 is 0 Å². The van der Waals surface area contributed by atoms with E-state index in [1.165, 1.54) is 6.26 Å². The minimum atomic E-state index is -0.667. The van der Waals surface area contributed by atoms with E-state index in [1.807, 2.05) is 48.5 Å². The van der Waals surface area contributed by atoms with E-state index in [0.29, 0.717) is 48.5 Å². The highest BCUT2D eigenvalue weighted by Crippen LogP contribution is 2.28. The van der Waals surface area contributed by atoms with Gasteiger partial charge in [-0.3, -0.25) is 9.69 Å². The lowest BCUT2D eigenvalue weighted by atomic mass is 10.0. The highest BCUT2D eigenvalue weighted by molar-refractivity contribution is 6.30. The summed E-state index contributed by atoms with van der Waals surface area (Å²) < 4.78 is 11.4. The number of carbonyl (C=O) groups excluding carboxylic acids is 1. The van der Waals surface area contributed by atoms with Crippen molar-refractivity contribution in [2.24, 2.45) is 0 Å². The van der Waals surface area contributed by atoms with Gasteiger partial charge in [-0.25, -0.2) is 0 Å². The number of rotatable bonds is 8. The number of ether oxygens (including phenoxy) is 1. The second-order valence-corrected chi connectivity index (χ2v) is 8.91. The fraction of sp³-hybridized carbons (Fsp3) is 0.320. The Morgan fingerprint density at radius 3 is 2.03 bits per heavy atom. The van der Waals surface area contributed by atoms with Crippen molar-refractivity contribution in [3.63, 3.8) is 0 Å². The third-order valence-electron chi connectivity index (χ3n) is 5.66. The van der Waals surface area contributed by atoms with Crippen LogP contribution >= 0.6 is 23.2 Å². The van der Waals surface area contributed by atoms with Crippen LogP contribution in [0.3, 0.4) is 0 Å². The molecule has 0 saturated carbocycles. The van der Waals surface area contributed by atoms with Crippen molar-refractivity contribution in [1.82, 2.24) is 9.80 Å². The van der Waals surface area contributed by atoms with E-state index in [-0.39, 0.29) is 18.6 Å². The van der Waals surface area contributed by atoms with E-state index in [2.05, 4.69) is 4.90 Å². The van der Waals surface area contributed by atoms with Crippen molar-refractivity contribution in [3.05, 3.63) is 93.9 Å². The molecule has 174 valence electrons. The van der Waals surface area contributed by atoms with Gasteiger partial charge >= 0.3 is 0 Å². The van der Waals surface area contributed by atoms with Crippen LogP contribution in [0.25, 0.3) is 0 Å². The lowest BCUT2D eigenvalue weighted by Crippen LogP contribution is -2.50. The fourth-order valence-electron chi connectivity index (χ4n) is 3.91. The Kier molecular flexibility index (Phi) is 8.06. The summed E-state index contributed by atoms with van der Waals surface area (Å²) in [5.41, 5.74) is 1.89. The van der Waals surface area contributed by atoms with Gasteiger partial charge in [-0.1, -0.05) is 47.5 Å². The number of amides is 1. The number of hydrogen-bond donors (Lipinski definition) is 1. The van der Waals surface area contributed by atoms with Crippen LogP contribution in [0.2, 0.25) is 10.0 Å². The molecule has 0 bridgehead atoms. The van der Waals surface area contributed by atoms with E-state index >= 15 is 0 Å². The first-order valence-electron chi connectivity index (χ1n) is 10.9. The van der Waals surface area contributed by atoms with E-state index < -0.39 is 6.10 Å². The van der Waals surface area contributed by atoms with E-state index in [9.17, 15) is 9.90 Å². The van der Waals surface area contributed by atoms with Crippen LogP contribution in [0.4, 0.5) is 0 Å². The molecule has 0 aliphatic carbocycles. The number of halogens is 2. The Balaban J connectivity index is 1.31. The lowest BCUT2D eigenvalue weighted by molar-refractivity contribution is -0.0138. The van der Waals surface area contributed by atoms with Crippen molar-refractivity contribution in [2.45, 2.75) is 12.2 Å². The molecule has 1 fully saturated rings. The third kappa shape index (κ3) is 6.37. The third-order valence-corrected chi connectivity index (χ3v) is 6.17. The number of nitrogens with zero attached hydrogens (tertiary/aromatic N) is 2. The molecular formula is C25H26Cl2N2O4. The Morgan fingerprint density at radius 2 is 1.52 bits per heavy atom. The van der Waals surface area contributed by atoms with Crippen LogP contribution in [0.15, 0.2) is 71.3 Å². The monoisotopic (exact) mass is 488 g/mol. The summed E-state index contributed by atoms with van der Waals surface area (Å²) in [6.45, 7) is 3.18. The zero-order chi connectivity index (χ0) is 23.2. The first-order chi connectivity index (χ1) is 16.0. The summed E-state index contributed by atoms with van der Waals surface area (Å²) >= 11 is 12.1. The van der Waals surface area contributed by atoms with E-state index in [1.54, 1.807) is 17.0 Å². The molecule has 1 aromatic heterocycles. The molecule has 1 saturated heterocycles. The molecule has 1 amide bonds. The Morgan fingerprint density at radius 1 is 0.939 bits per heavy atom. The van der Waals surface area contributed by atoms with E-state index in [4.69, 9.17) is 32.4 Å². The molecule has 8 heteroatoms. The van der Waals surface area contributed by atoms with Crippen LogP contribution in [0.1, 0.15) is 27.8 Å². The first kappa shape index (κ1) is 23.8. The molecule has 33 heavy (non-hydrogen) atoms. The highest BCUT2D eigenvalue weighted by atomic mass is 35.5. The summed E-state index contributed by atoms with van der Waals surface area (Å²) in [5, 5.41) is 12.0. The average Bonchev–Trinajstić information content (AvgIpc) is 3.36. The first-order valence-corrected chi connectivity index (χ1v) is 11.6. The van der Waals surface area contributed by atoms with Crippen LogP contribution in [0, 0.1) is 0 Å². The second kappa shape index (κ2) is 11.2. The lowest BCUT2D eigenvalue weighted by Gasteiger charge is -2.35. The summed E-state index contributed by atoms with van der Waals surface area (Å²) in [7, 11) is 0. The van der Waals surface area contributed by atoms with Gasteiger partial charge in [-0.05, 0) is 47.5 Å². The number of hydrogen-bond acceptors (Lipinski definition) is 5. The summed E-state index contributed by atoms with van der Waals surface area (Å²) in [6, 6.07) is 18.4. The van der Waals surface area contributed by atoms with Crippen molar-refractivity contribution in [2.75, 3.05) is 39.3 Å². The Hall–Kier alpha value is -2.35. The quantitative estimate of drug-likeness (QED) is 0.505. The molecule has 6 nitrogen and oxygen atoms in total. The Bertz CT molecular complexity index is 972. The molecule has 2 aromatic carbocycles. The zero-order valence-electron chi connectivity index (χ0n) is 18.1. The number of furan rings is 1. The number of aliphatic hydroxyl groups is 1. The van der Waals surface area contributed by atoms with Crippen molar-refractivity contribution < 1.29 is 19.1 Å². The second-order valence-electron chi connectivity index (χ2n) is 8.04. The highest BCUT2D eigenvalue weighted by Gasteiger charge is 2.25. The average molecular weight is 489 g/mol. The Labute approximate surface area is 203 Å². The number of piperazine rings is 1. The number of β-amino-alcohol motifs (C(OH)–C–C–N with tert-alkyl or cyclic N) is 1. The van der Waals surface area contributed by atoms with Crippen LogP contribution in [0.5, 0.6) is 0 Å². The minimum Gasteiger partial charge on any atom is -0.459 e. The topological polar surface area (TPSA) is 66.2 Å². The van der Waals surface area contributed by atoms with Gasteiger partial charge in [-0.2, -0.15) is 0 Å². The predicted octanol–water partition coefficient (Wildman–Crippen LogP) is 4.51. The fourth-order valence-corrected chi connectivity index (χ4v) is 4.16. The van der Waals surface area contributed by atoms with Crippen LogP contribution in [-0.2, 0) is 4.74 Å². The minimum absolute atomic E-state index is 0.0997. The van der Waals surface area contributed by atoms with Crippen LogP contribution in [-0.4, -0.2) is 66.2 Å². The predicted molar refractivity (Wildman–Crippen MR) is 128 cm³/mol. The molecule has 0 radical (unpaired) electrons. The standard InChI is InChI=1S/C25H26Cl2N2O4/c26-20-7-3-18(4-8-20)24(19-5-9-21(27)10-6-19)33-17-22(30)16-28-11-13-29(14-12-28)25(31)23-2-1-15-32-23/h1-10,15,22,24,30H,11-14,16-17H2/t22-/m0/s1. The molecule has 3 aromatic rings. The summed E-state index contributed by atoms with van der Waals surface area (Å²) in [4.78, 5) is 16.3. The maximum Gasteiger partial charge on any atom is 0.289 e. The molecule has 0 unspecified atom stereocenters. The smallest absolute Gasteiger partial charge is 0.289 e. The normalized spacial score (nSPS) is 15.7. The number of benzene rings is 2. The summed E-state index contributed by atoms with van der Waals surface area (Å²) in [6.07, 6.45) is 0.484. The van der Waals surface area contributed by atoms with Crippen molar-refractivity contribution in [1.29, 1.82) is 0 Å². The van der Waals surface area contributed by atoms with Gasteiger partial charge in [0.2, 0.25) is 0 Å². The van der Waals surface area contributed by atoms with Gasteiger partial charge < -0.3 is 19.2 Å². The largest absolute Gasteiger partial charge is 0.459 e. The molecule has 1 aliphatic heterocycles. The van der Waals surface area contributed by atoms with E-state index in [0.717, 1.165) is 11.1 Å². The SMILES string of the molecule is O=C(c1ccco1)N1CCN(C[C@H](O)COC(c2ccc(Cl)cc2)c2ccc(Cl)cc2)CC1. The maximum atomic E-state index is 12.4. The summed E-state index contributed by atoms with van der Waals surface area (Å²) in [5.74, 6) is 0.254.